The first-order valence-electron chi connectivity index (χ1n) is 9.37. The molecule has 0 spiro atoms. The molecule has 1 aromatic heterocycles. The highest BCUT2D eigenvalue weighted by molar-refractivity contribution is 5.94. The van der Waals surface area contributed by atoms with Crippen LogP contribution in [0.25, 0.3) is 0 Å². The predicted octanol–water partition coefficient (Wildman–Crippen LogP) is 2.40. The van der Waals surface area contributed by atoms with Crippen molar-refractivity contribution in [3.05, 3.63) is 64.7 Å². The molecule has 1 saturated heterocycles. The number of rotatable bonds is 5. The van der Waals surface area contributed by atoms with Gasteiger partial charge in [-0.2, -0.15) is 0 Å². The number of amides is 2. The maximum atomic E-state index is 12.9. The lowest BCUT2D eigenvalue weighted by molar-refractivity contribution is -0.126. The molecule has 0 radical (unpaired) electrons. The standard InChI is InChI=1S/C21H22FN3O4/c1-13-17(21(28)29)6-7-18(24-13)20(27)25-10-8-15(9-11-25)19(26)23-12-14-2-4-16(22)5-3-14/h2-7,15H,8-12H2,1H3,(H,23,26)(H,28,29). The van der Waals surface area contributed by atoms with Crippen molar-refractivity contribution in [3.63, 3.8) is 0 Å². The summed E-state index contributed by atoms with van der Waals surface area (Å²) in [5.41, 5.74) is 1.38. The van der Waals surface area contributed by atoms with E-state index in [4.69, 9.17) is 5.11 Å². The number of aromatic carboxylic acids is 1. The molecule has 0 unspecified atom stereocenters. The average molecular weight is 399 g/mol. The zero-order chi connectivity index (χ0) is 21.0. The number of hydrogen-bond acceptors (Lipinski definition) is 4. The molecular weight excluding hydrogens is 377 g/mol. The Hall–Kier alpha value is -3.29. The van der Waals surface area contributed by atoms with Gasteiger partial charge in [0.05, 0.1) is 11.3 Å². The highest BCUT2D eigenvalue weighted by Crippen LogP contribution is 2.20. The zero-order valence-corrected chi connectivity index (χ0v) is 16.0. The molecule has 1 aliphatic rings. The number of aromatic nitrogens is 1. The van der Waals surface area contributed by atoms with Gasteiger partial charge >= 0.3 is 5.97 Å². The summed E-state index contributed by atoms with van der Waals surface area (Å²) in [7, 11) is 0. The minimum absolute atomic E-state index is 0.0677. The Kier molecular flexibility index (Phi) is 6.21. The molecule has 8 heteroatoms. The van der Waals surface area contributed by atoms with Gasteiger partial charge < -0.3 is 15.3 Å². The minimum Gasteiger partial charge on any atom is -0.478 e. The maximum Gasteiger partial charge on any atom is 0.337 e. The van der Waals surface area contributed by atoms with Gasteiger partial charge in [0.2, 0.25) is 5.91 Å². The number of halogens is 1. The largest absolute Gasteiger partial charge is 0.478 e. The summed E-state index contributed by atoms with van der Waals surface area (Å²) >= 11 is 0. The van der Waals surface area contributed by atoms with Crippen molar-refractivity contribution in [1.82, 2.24) is 15.2 Å². The minimum atomic E-state index is -1.08. The average Bonchev–Trinajstić information content (AvgIpc) is 2.72. The number of likely N-dealkylation sites (tertiary alicyclic amines) is 1. The number of nitrogens with zero attached hydrogens (tertiary/aromatic N) is 2. The second kappa shape index (κ2) is 8.81. The van der Waals surface area contributed by atoms with Gasteiger partial charge in [-0.05, 0) is 49.6 Å². The molecule has 0 saturated carbocycles. The molecular formula is C21H22FN3O4. The Balaban J connectivity index is 1.52. The number of benzene rings is 1. The Morgan fingerprint density at radius 2 is 1.79 bits per heavy atom. The number of pyridine rings is 1. The second-order valence-corrected chi connectivity index (χ2v) is 7.05. The van der Waals surface area contributed by atoms with Gasteiger partial charge in [-0.1, -0.05) is 12.1 Å². The van der Waals surface area contributed by atoms with Crippen LogP contribution in [0.1, 0.15) is 44.9 Å². The van der Waals surface area contributed by atoms with Crippen LogP contribution in [0.3, 0.4) is 0 Å². The van der Waals surface area contributed by atoms with Gasteiger partial charge in [0.15, 0.2) is 0 Å². The summed E-state index contributed by atoms with van der Waals surface area (Å²) < 4.78 is 12.9. The fourth-order valence-corrected chi connectivity index (χ4v) is 3.35. The number of carbonyl (C=O) groups excluding carboxylic acids is 2. The third-order valence-electron chi connectivity index (χ3n) is 5.07. The van der Waals surface area contributed by atoms with Crippen LogP contribution >= 0.6 is 0 Å². The van der Waals surface area contributed by atoms with Crippen LogP contribution in [0, 0.1) is 18.7 Å². The fraction of sp³-hybridized carbons (Fsp3) is 0.333. The highest BCUT2D eigenvalue weighted by atomic mass is 19.1. The van der Waals surface area contributed by atoms with Crippen LogP contribution in [0.2, 0.25) is 0 Å². The predicted molar refractivity (Wildman–Crippen MR) is 103 cm³/mol. The van der Waals surface area contributed by atoms with Crippen LogP contribution in [0.4, 0.5) is 4.39 Å². The van der Waals surface area contributed by atoms with E-state index in [1.165, 1.54) is 24.3 Å². The van der Waals surface area contributed by atoms with E-state index < -0.39 is 5.97 Å². The molecule has 1 aromatic carbocycles. The molecule has 0 aliphatic carbocycles. The molecule has 0 bridgehead atoms. The Morgan fingerprint density at radius 1 is 1.14 bits per heavy atom. The van der Waals surface area contributed by atoms with Gasteiger partial charge in [0.25, 0.3) is 5.91 Å². The number of nitrogens with one attached hydrogen (secondary N) is 1. The molecule has 152 valence electrons. The number of carboxylic acid groups (broad SMARTS) is 1. The molecule has 3 rings (SSSR count). The van der Waals surface area contributed by atoms with E-state index in [2.05, 4.69) is 10.3 Å². The first-order valence-corrected chi connectivity index (χ1v) is 9.37. The lowest BCUT2D eigenvalue weighted by Gasteiger charge is -2.31. The molecule has 2 N–H and O–H groups in total. The molecule has 29 heavy (non-hydrogen) atoms. The Labute approximate surface area is 167 Å². The van der Waals surface area contributed by atoms with Crippen molar-refractivity contribution in [3.8, 4) is 0 Å². The van der Waals surface area contributed by atoms with E-state index in [0.29, 0.717) is 38.2 Å². The van der Waals surface area contributed by atoms with E-state index >= 15 is 0 Å². The number of hydrogen-bond donors (Lipinski definition) is 2. The van der Waals surface area contributed by atoms with Crippen LogP contribution < -0.4 is 5.32 Å². The van der Waals surface area contributed by atoms with Gasteiger partial charge in [0, 0.05) is 25.6 Å². The fourth-order valence-electron chi connectivity index (χ4n) is 3.35. The maximum absolute atomic E-state index is 12.9. The summed E-state index contributed by atoms with van der Waals surface area (Å²) in [6.07, 6.45) is 1.07. The number of carboxylic acids is 1. The molecule has 0 atom stereocenters. The van der Waals surface area contributed by atoms with Crippen molar-refractivity contribution in [1.29, 1.82) is 0 Å². The molecule has 2 amide bonds. The van der Waals surface area contributed by atoms with Gasteiger partial charge in [-0.3, -0.25) is 9.59 Å². The van der Waals surface area contributed by atoms with Crippen LogP contribution in [-0.2, 0) is 11.3 Å². The normalized spacial score (nSPS) is 14.5. The van der Waals surface area contributed by atoms with Gasteiger partial charge in [0.1, 0.15) is 11.5 Å². The third kappa shape index (κ3) is 4.96. The topological polar surface area (TPSA) is 99.6 Å². The van der Waals surface area contributed by atoms with Gasteiger partial charge in [-0.15, -0.1) is 0 Å². The van der Waals surface area contributed by atoms with Crippen LogP contribution in [-0.4, -0.2) is 45.9 Å². The van der Waals surface area contributed by atoms with Crippen molar-refractivity contribution >= 4 is 17.8 Å². The van der Waals surface area contributed by atoms with E-state index in [0.717, 1.165) is 5.56 Å². The van der Waals surface area contributed by atoms with Crippen LogP contribution in [0.5, 0.6) is 0 Å². The lowest BCUT2D eigenvalue weighted by atomic mass is 9.95. The number of piperidine rings is 1. The van der Waals surface area contributed by atoms with E-state index in [-0.39, 0.29) is 34.8 Å². The molecule has 7 nitrogen and oxygen atoms in total. The molecule has 2 aromatic rings. The van der Waals surface area contributed by atoms with E-state index in [1.807, 2.05) is 0 Å². The van der Waals surface area contributed by atoms with Crippen molar-refractivity contribution in [2.24, 2.45) is 5.92 Å². The smallest absolute Gasteiger partial charge is 0.337 e. The summed E-state index contributed by atoms with van der Waals surface area (Å²) in [5.74, 6) is -1.94. The second-order valence-electron chi connectivity index (χ2n) is 7.05. The van der Waals surface area contributed by atoms with Gasteiger partial charge in [-0.25, -0.2) is 14.2 Å². The zero-order valence-electron chi connectivity index (χ0n) is 16.0. The Morgan fingerprint density at radius 3 is 2.38 bits per heavy atom. The monoisotopic (exact) mass is 399 g/mol. The molecule has 2 heterocycles. The van der Waals surface area contributed by atoms with E-state index in [9.17, 15) is 18.8 Å². The first kappa shape index (κ1) is 20.4. The Bertz CT molecular complexity index is 922. The van der Waals surface area contributed by atoms with Crippen molar-refractivity contribution in [2.75, 3.05) is 13.1 Å². The summed E-state index contributed by atoms with van der Waals surface area (Å²) in [4.78, 5) is 41.8. The highest BCUT2D eigenvalue weighted by Gasteiger charge is 2.28. The quantitative estimate of drug-likeness (QED) is 0.804. The van der Waals surface area contributed by atoms with Crippen LogP contribution in [0.15, 0.2) is 36.4 Å². The lowest BCUT2D eigenvalue weighted by Crippen LogP contribution is -2.43. The van der Waals surface area contributed by atoms with E-state index in [1.54, 1.807) is 24.0 Å². The number of carbonyl (C=O) groups is 3. The third-order valence-corrected chi connectivity index (χ3v) is 5.07. The summed E-state index contributed by atoms with van der Waals surface area (Å²) in [6, 6.07) is 8.76. The van der Waals surface area contributed by atoms with Crippen molar-refractivity contribution in [2.45, 2.75) is 26.3 Å². The van der Waals surface area contributed by atoms with Crippen molar-refractivity contribution < 1.29 is 23.9 Å². The molecule has 1 aliphatic heterocycles. The number of aryl methyl sites for hydroxylation is 1. The molecule has 1 fully saturated rings. The summed E-state index contributed by atoms with van der Waals surface area (Å²) in [5, 5.41) is 11.9. The summed E-state index contributed by atoms with van der Waals surface area (Å²) in [6.45, 7) is 2.74. The SMILES string of the molecule is Cc1nc(C(=O)N2CCC(C(=O)NCc3ccc(F)cc3)CC2)ccc1C(=O)O. The first-order chi connectivity index (χ1) is 13.8.